The van der Waals surface area contributed by atoms with Gasteiger partial charge in [-0.25, -0.2) is 4.98 Å². The van der Waals surface area contributed by atoms with E-state index in [4.69, 9.17) is 0 Å². The topological polar surface area (TPSA) is 28.7 Å². The number of imidazole rings is 1. The van der Waals surface area contributed by atoms with Crippen molar-refractivity contribution in [2.24, 2.45) is 0 Å². The number of H-pyrrole nitrogens is 1. The van der Waals surface area contributed by atoms with Gasteiger partial charge in [0, 0.05) is 22.4 Å². The number of aromatic nitrogens is 2. The van der Waals surface area contributed by atoms with Crippen molar-refractivity contribution in [3.63, 3.8) is 0 Å². The van der Waals surface area contributed by atoms with Crippen LogP contribution < -0.4 is 0 Å². The summed E-state index contributed by atoms with van der Waals surface area (Å²) >= 11 is 3.61. The van der Waals surface area contributed by atoms with E-state index in [9.17, 15) is 0 Å². The van der Waals surface area contributed by atoms with Gasteiger partial charge in [0.05, 0.1) is 0 Å². The highest BCUT2D eigenvalue weighted by atomic mass is 79.9. The molecule has 0 aliphatic rings. The summed E-state index contributed by atoms with van der Waals surface area (Å²) in [7, 11) is 0. The number of nitrogens with zero attached hydrogens (tertiary/aromatic N) is 1. The number of nitrogens with one attached hydrogen (secondary N) is 1. The fourth-order valence-electron chi connectivity index (χ4n) is 2.95. The summed E-state index contributed by atoms with van der Waals surface area (Å²) < 4.78 is 1.05. The van der Waals surface area contributed by atoms with Gasteiger partial charge in [0.15, 0.2) is 0 Å². The first-order chi connectivity index (χ1) is 11.8. The number of rotatable bonds is 3. The molecule has 0 saturated carbocycles. The first-order valence-electron chi connectivity index (χ1n) is 7.77. The Hall–Kier alpha value is -2.65. The monoisotopic (exact) mass is 374 g/mol. The highest BCUT2D eigenvalue weighted by molar-refractivity contribution is 9.10. The predicted molar refractivity (Wildman–Crippen MR) is 103 cm³/mol. The van der Waals surface area contributed by atoms with E-state index in [1.807, 2.05) is 18.3 Å². The Morgan fingerprint density at radius 1 is 0.708 bits per heavy atom. The molecule has 1 N–H and O–H groups in total. The van der Waals surface area contributed by atoms with Crippen LogP contribution in [0.4, 0.5) is 0 Å². The number of aromatic amines is 1. The summed E-state index contributed by atoms with van der Waals surface area (Å²) in [5.41, 5.74) is 5.85. The molecule has 2 nitrogen and oxygen atoms in total. The summed E-state index contributed by atoms with van der Waals surface area (Å²) in [5, 5.41) is 0. The van der Waals surface area contributed by atoms with E-state index in [2.05, 4.69) is 86.6 Å². The van der Waals surface area contributed by atoms with Gasteiger partial charge in [0.1, 0.15) is 5.82 Å². The summed E-state index contributed by atoms with van der Waals surface area (Å²) in [6, 6.07) is 25.2. The van der Waals surface area contributed by atoms with Crippen molar-refractivity contribution in [3.8, 4) is 33.6 Å². The van der Waals surface area contributed by atoms with Crippen LogP contribution in [0, 0.1) is 0 Å². The zero-order valence-electron chi connectivity index (χ0n) is 12.9. The molecule has 0 saturated heterocycles. The molecule has 1 heterocycles. The molecule has 0 radical (unpaired) electrons. The highest BCUT2D eigenvalue weighted by Crippen LogP contribution is 2.38. The first-order valence-corrected chi connectivity index (χ1v) is 8.56. The maximum absolute atomic E-state index is 4.43. The van der Waals surface area contributed by atoms with Gasteiger partial charge in [-0.15, -0.1) is 0 Å². The van der Waals surface area contributed by atoms with Crippen molar-refractivity contribution >= 4 is 15.9 Å². The van der Waals surface area contributed by atoms with E-state index in [0.29, 0.717) is 0 Å². The third-order valence-electron chi connectivity index (χ3n) is 4.04. The van der Waals surface area contributed by atoms with Crippen molar-refractivity contribution in [2.45, 2.75) is 0 Å². The van der Waals surface area contributed by atoms with Crippen molar-refractivity contribution in [2.75, 3.05) is 0 Å². The fraction of sp³-hybridized carbons (Fsp3) is 0. The number of hydrogen-bond acceptors (Lipinski definition) is 1. The zero-order chi connectivity index (χ0) is 16.4. The van der Waals surface area contributed by atoms with E-state index in [-0.39, 0.29) is 0 Å². The minimum absolute atomic E-state index is 0.875. The minimum atomic E-state index is 0.875. The lowest BCUT2D eigenvalue weighted by Gasteiger charge is -2.14. The molecular formula is C21H15BrN2. The van der Waals surface area contributed by atoms with Crippen molar-refractivity contribution in [1.82, 2.24) is 9.97 Å². The quantitative estimate of drug-likeness (QED) is 0.456. The minimum Gasteiger partial charge on any atom is -0.345 e. The Balaban J connectivity index is 1.97. The van der Waals surface area contributed by atoms with Gasteiger partial charge >= 0.3 is 0 Å². The molecule has 4 aromatic rings. The largest absolute Gasteiger partial charge is 0.345 e. The SMILES string of the molecule is Brc1ccc(-c2ncc[nH]2)c(-c2ccccc2-c2ccccc2)c1. The Morgan fingerprint density at radius 3 is 2.21 bits per heavy atom. The second-order valence-electron chi connectivity index (χ2n) is 5.54. The van der Waals surface area contributed by atoms with Gasteiger partial charge in [0.2, 0.25) is 0 Å². The van der Waals surface area contributed by atoms with Gasteiger partial charge in [-0.2, -0.15) is 0 Å². The molecule has 24 heavy (non-hydrogen) atoms. The molecule has 0 unspecified atom stereocenters. The third-order valence-corrected chi connectivity index (χ3v) is 4.53. The lowest BCUT2D eigenvalue weighted by molar-refractivity contribution is 1.31. The van der Waals surface area contributed by atoms with E-state index in [0.717, 1.165) is 21.4 Å². The van der Waals surface area contributed by atoms with Crippen LogP contribution in [0.5, 0.6) is 0 Å². The third kappa shape index (κ3) is 2.79. The van der Waals surface area contributed by atoms with Gasteiger partial charge < -0.3 is 4.98 Å². The van der Waals surface area contributed by atoms with Gasteiger partial charge in [-0.1, -0.05) is 70.5 Å². The Kier molecular flexibility index (Phi) is 4.01. The van der Waals surface area contributed by atoms with Gasteiger partial charge in [-0.05, 0) is 40.5 Å². The Bertz CT molecular complexity index is 960. The summed E-state index contributed by atoms with van der Waals surface area (Å²) in [4.78, 5) is 7.65. The maximum Gasteiger partial charge on any atom is 0.137 e. The normalized spacial score (nSPS) is 10.7. The van der Waals surface area contributed by atoms with Gasteiger partial charge in [-0.3, -0.25) is 0 Å². The van der Waals surface area contributed by atoms with E-state index in [1.54, 1.807) is 6.20 Å². The van der Waals surface area contributed by atoms with Crippen LogP contribution in [0.25, 0.3) is 33.6 Å². The Morgan fingerprint density at radius 2 is 1.46 bits per heavy atom. The number of benzene rings is 3. The molecule has 0 aliphatic heterocycles. The van der Waals surface area contributed by atoms with E-state index >= 15 is 0 Å². The molecule has 0 fully saturated rings. The van der Waals surface area contributed by atoms with E-state index < -0.39 is 0 Å². The van der Waals surface area contributed by atoms with Crippen molar-refractivity contribution < 1.29 is 0 Å². The van der Waals surface area contributed by atoms with Crippen LogP contribution >= 0.6 is 15.9 Å². The second kappa shape index (κ2) is 6.46. The summed E-state index contributed by atoms with van der Waals surface area (Å²) in [6.45, 7) is 0. The highest BCUT2D eigenvalue weighted by Gasteiger charge is 2.13. The lowest BCUT2D eigenvalue weighted by atomic mass is 9.91. The fourth-order valence-corrected chi connectivity index (χ4v) is 3.31. The molecule has 0 spiro atoms. The summed E-state index contributed by atoms with van der Waals surface area (Å²) in [5.74, 6) is 0.875. The van der Waals surface area contributed by atoms with E-state index in [1.165, 1.54) is 16.7 Å². The predicted octanol–water partition coefficient (Wildman–Crippen LogP) is 6.17. The van der Waals surface area contributed by atoms with Crippen molar-refractivity contribution in [3.05, 3.63) is 89.7 Å². The first kappa shape index (κ1) is 14.9. The maximum atomic E-state index is 4.43. The molecule has 1 aromatic heterocycles. The molecule has 3 heteroatoms. The molecule has 0 atom stereocenters. The molecule has 0 aliphatic carbocycles. The molecule has 0 bridgehead atoms. The number of halogens is 1. The molecule has 3 aromatic carbocycles. The lowest BCUT2D eigenvalue weighted by Crippen LogP contribution is -1.90. The van der Waals surface area contributed by atoms with Crippen molar-refractivity contribution in [1.29, 1.82) is 0 Å². The second-order valence-corrected chi connectivity index (χ2v) is 6.45. The molecule has 116 valence electrons. The molecule has 4 rings (SSSR count). The van der Waals surface area contributed by atoms with Gasteiger partial charge in [0.25, 0.3) is 0 Å². The summed E-state index contributed by atoms with van der Waals surface area (Å²) in [6.07, 6.45) is 3.63. The van der Waals surface area contributed by atoms with Crippen LogP contribution in [0.2, 0.25) is 0 Å². The Labute approximate surface area is 149 Å². The smallest absolute Gasteiger partial charge is 0.137 e. The average Bonchev–Trinajstić information content (AvgIpc) is 3.17. The van der Waals surface area contributed by atoms with Crippen LogP contribution in [-0.4, -0.2) is 9.97 Å². The zero-order valence-corrected chi connectivity index (χ0v) is 14.5. The van der Waals surface area contributed by atoms with Crippen LogP contribution in [0.1, 0.15) is 0 Å². The van der Waals surface area contributed by atoms with Crippen LogP contribution in [-0.2, 0) is 0 Å². The average molecular weight is 375 g/mol. The van der Waals surface area contributed by atoms with Crippen LogP contribution in [0.3, 0.4) is 0 Å². The molecule has 0 amide bonds. The molecular weight excluding hydrogens is 360 g/mol. The number of hydrogen-bond donors (Lipinski definition) is 1. The standard InChI is InChI=1S/C21H15BrN2/c22-16-10-11-19(21-23-12-13-24-21)20(14-16)18-9-5-4-8-17(18)15-6-2-1-3-7-15/h1-14H,(H,23,24). The van der Waals surface area contributed by atoms with Crippen LogP contribution in [0.15, 0.2) is 89.7 Å².